The van der Waals surface area contributed by atoms with Gasteiger partial charge in [0.1, 0.15) is 0 Å². The quantitative estimate of drug-likeness (QED) is 0.606. The van der Waals surface area contributed by atoms with Gasteiger partial charge >= 0.3 is 0 Å². The van der Waals surface area contributed by atoms with Crippen molar-refractivity contribution in [2.24, 2.45) is 0 Å². The summed E-state index contributed by atoms with van der Waals surface area (Å²) in [7, 11) is 0. The first-order valence-corrected chi connectivity index (χ1v) is 5.56. The summed E-state index contributed by atoms with van der Waals surface area (Å²) >= 11 is 1.92. The minimum absolute atomic E-state index is 0.177. The molecule has 1 rings (SSSR count). The molecule has 0 aromatic rings. The molecule has 0 bridgehead atoms. The van der Waals surface area contributed by atoms with Gasteiger partial charge in [-0.15, -0.1) is 0 Å². The zero-order valence-electron chi connectivity index (χ0n) is 7.43. The van der Waals surface area contributed by atoms with Crippen LogP contribution in [0.5, 0.6) is 0 Å². The largest absolute Gasteiger partial charge is 0.354 e. The Morgan fingerprint density at radius 3 is 3.17 bits per heavy atom. The minimum atomic E-state index is 0.177. The number of carbonyl (C=O) groups is 1. The number of carbonyl (C=O) groups excluding carboxylic acids is 1. The summed E-state index contributed by atoms with van der Waals surface area (Å²) < 4.78 is 0. The van der Waals surface area contributed by atoms with Gasteiger partial charge < -0.3 is 10.6 Å². The van der Waals surface area contributed by atoms with E-state index >= 15 is 0 Å². The number of thioether (sulfide) groups is 1. The number of amides is 1. The Morgan fingerprint density at radius 2 is 2.58 bits per heavy atom. The lowest BCUT2D eigenvalue weighted by atomic mass is 10.2. The molecule has 0 aromatic carbocycles. The predicted octanol–water partition coefficient (Wildman–Crippen LogP) is 0.218. The van der Waals surface area contributed by atoms with Gasteiger partial charge in [-0.1, -0.05) is 6.92 Å². The van der Waals surface area contributed by atoms with Crippen molar-refractivity contribution in [2.75, 3.05) is 24.6 Å². The first kappa shape index (κ1) is 9.86. The van der Waals surface area contributed by atoms with Gasteiger partial charge in [-0.3, -0.25) is 4.79 Å². The van der Waals surface area contributed by atoms with Gasteiger partial charge in [0.2, 0.25) is 5.91 Å². The molecule has 3 nitrogen and oxygen atoms in total. The molecule has 1 amide bonds. The van der Waals surface area contributed by atoms with Gasteiger partial charge in [0.05, 0.1) is 0 Å². The highest BCUT2D eigenvalue weighted by atomic mass is 32.2. The topological polar surface area (TPSA) is 41.1 Å². The van der Waals surface area contributed by atoms with Gasteiger partial charge in [-0.25, -0.2) is 0 Å². The van der Waals surface area contributed by atoms with Crippen LogP contribution in [0.4, 0.5) is 0 Å². The molecule has 0 radical (unpaired) electrons. The van der Waals surface area contributed by atoms with E-state index in [1.807, 2.05) is 11.8 Å². The van der Waals surface area contributed by atoms with Gasteiger partial charge in [0.25, 0.3) is 0 Å². The third-order valence-electron chi connectivity index (χ3n) is 1.86. The molecule has 1 aliphatic heterocycles. The third-order valence-corrected chi connectivity index (χ3v) is 2.76. The number of nitrogens with one attached hydrogen (secondary N) is 2. The molecular weight excluding hydrogens is 172 g/mol. The van der Waals surface area contributed by atoms with E-state index in [-0.39, 0.29) is 5.91 Å². The van der Waals surface area contributed by atoms with Crippen LogP contribution in [-0.4, -0.2) is 36.5 Å². The zero-order valence-corrected chi connectivity index (χ0v) is 8.25. The smallest absolute Gasteiger partial charge is 0.221 e. The molecule has 0 saturated carbocycles. The molecule has 2 N–H and O–H groups in total. The molecule has 1 heterocycles. The standard InChI is InChI=1S/C8H16N2OS/c1-2-12-4-3-9-7-5-8(11)10-6-7/h7,9H,2-6H2,1H3,(H,10,11). The van der Waals surface area contributed by atoms with Crippen molar-refractivity contribution in [2.45, 2.75) is 19.4 Å². The van der Waals surface area contributed by atoms with E-state index in [9.17, 15) is 4.79 Å². The molecular formula is C8H16N2OS. The molecule has 4 heteroatoms. The first-order chi connectivity index (χ1) is 5.83. The molecule has 1 saturated heterocycles. The first-order valence-electron chi connectivity index (χ1n) is 4.40. The van der Waals surface area contributed by atoms with E-state index in [4.69, 9.17) is 0 Å². The molecule has 0 spiro atoms. The Hall–Kier alpha value is -0.220. The molecule has 1 fully saturated rings. The zero-order chi connectivity index (χ0) is 8.81. The third kappa shape index (κ3) is 3.45. The second kappa shape index (κ2) is 5.43. The van der Waals surface area contributed by atoms with Crippen LogP contribution < -0.4 is 10.6 Å². The summed E-state index contributed by atoms with van der Waals surface area (Å²) in [5.74, 6) is 2.49. The van der Waals surface area contributed by atoms with Gasteiger partial charge in [-0.05, 0) is 5.75 Å². The molecule has 1 unspecified atom stereocenters. The van der Waals surface area contributed by atoms with Crippen molar-refractivity contribution in [1.29, 1.82) is 0 Å². The van der Waals surface area contributed by atoms with E-state index in [1.54, 1.807) is 0 Å². The van der Waals surface area contributed by atoms with Crippen molar-refractivity contribution >= 4 is 17.7 Å². The van der Waals surface area contributed by atoms with Crippen LogP contribution in [0.25, 0.3) is 0 Å². The molecule has 1 aliphatic rings. The second-order valence-electron chi connectivity index (χ2n) is 2.86. The summed E-state index contributed by atoms with van der Waals surface area (Å²) in [6.07, 6.45) is 0.650. The Bertz CT molecular complexity index is 152. The normalized spacial score (nSPS) is 22.8. The monoisotopic (exact) mass is 188 g/mol. The molecule has 12 heavy (non-hydrogen) atoms. The van der Waals surface area contributed by atoms with Crippen molar-refractivity contribution in [3.63, 3.8) is 0 Å². The maximum atomic E-state index is 10.8. The van der Waals surface area contributed by atoms with Gasteiger partial charge in [0, 0.05) is 31.3 Å². The highest BCUT2D eigenvalue weighted by molar-refractivity contribution is 7.99. The summed E-state index contributed by atoms with van der Waals surface area (Å²) in [6.45, 7) is 3.97. The highest BCUT2D eigenvalue weighted by Gasteiger charge is 2.19. The average Bonchev–Trinajstić information content (AvgIpc) is 2.45. The SMILES string of the molecule is CCSCCNC1CNC(=O)C1. The summed E-state index contributed by atoms with van der Waals surface area (Å²) in [4.78, 5) is 10.8. The van der Waals surface area contributed by atoms with Crippen LogP contribution in [0.3, 0.4) is 0 Å². The van der Waals surface area contributed by atoms with Crippen molar-refractivity contribution in [3.05, 3.63) is 0 Å². The number of rotatable bonds is 5. The lowest BCUT2D eigenvalue weighted by molar-refractivity contribution is -0.119. The summed E-state index contributed by atoms with van der Waals surface area (Å²) in [6, 6.07) is 0.370. The van der Waals surface area contributed by atoms with E-state index in [0.717, 1.165) is 18.8 Å². The van der Waals surface area contributed by atoms with Crippen LogP contribution in [-0.2, 0) is 4.79 Å². The van der Waals surface area contributed by atoms with Crippen LogP contribution >= 0.6 is 11.8 Å². The fraction of sp³-hybridized carbons (Fsp3) is 0.875. The van der Waals surface area contributed by atoms with E-state index < -0.39 is 0 Å². The van der Waals surface area contributed by atoms with Crippen LogP contribution in [0.1, 0.15) is 13.3 Å². The maximum Gasteiger partial charge on any atom is 0.221 e. The number of hydrogen-bond donors (Lipinski definition) is 2. The van der Waals surface area contributed by atoms with Crippen molar-refractivity contribution in [1.82, 2.24) is 10.6 Å². The minimum Gasteiger partial charge on any atom is -0.354 e. The summed E-state index contributed by atoms with van der Waals surface area (Å²) in [5.41, 5.74) is 0. The predicted molar refractivity (Wildman–Crippen MR) is 52.4 cm³/mol. The lowest BCUT2D eigenvalue weighted by Gasteiger charge is -2.08. The van der Waals surface area contributed by atoms with Crippen LogP contribution in [0.2, 0.25) is 0 Å². The maximum absolute atomic E-state index is 10.8. The van der Waals surface area contributed by atoms with Crippen molar-refractivity contribution < 1.29 is 4.79 Å². The van der Waals surface area contributed by atoms with E-state index in [1.165, 1.54) is 5.75 Å². The van der Waals surface area contributed by atoms with Gasteiger partial charge in [-0.2, -0.15) is 11.8 Å². The Labute approximate surface area is 77.7 Å². The van der Waals surface area contributed by atoms with E-state index in [0.29, 0.717) is 12.5 Å². The highest BCUT2D eigenvalue weighted by Crippen LogP contribution is 2.00. The fourth-order valence-corrected chi connectivity index (χ4v) is 1.78. The molecule has 70 valence electrons. The molecule has 0 aromatic heterocycles. The Morgan fingerprint density at radius 1 is 1.75 bits per heavy atom. The molecule has 0 aliphatic carbocycles. The van der Waals surface area contributed by atoms with Crippen molar-refractivity contribution in [3.8, 4) is 0 Å². The average molecular weight is 188 g/mol. The molecule has 1 atom stereocenters. The Kier molecular flexibility index (Phi) is 4.46. The van der Waals surface area contributed by atoms with Crippen LogP contribution in [0.15, 0.2) is 0 Å². The lowest BCUT2D eigenvalue weighted by Crippen LogP contribution is -2.32. The second-order valence-corrected chi connectivity index (χ2v) is 4.25. The fourth-order valence-electron chi connectivity index (χ4n) is 1.23. The van der Waals surface area contributed by atoms with E-state index in [2.05, 4.69) is 17.6 Å². The van der Waals surface area contributed by atoms with Gasteiger partial charge in [0.15, 0.2) is 0 Å². The van der Waals surface area contributed by atoms with Crippen LogP contribution in [0, 0.1) is 0 Å². The Balaban J connectivity index is 1.97. The summed E-state index contributed by atoms with van der Waals surface area (Å²) in [5, 5.41) is 6.14. The number of hydrogen-bond acceptors (Lipinski definition) is 3.